The van der Waals surface area contributed by atoms with Crippen molar-refractivity contribution in [1.82, 2.24) is 5.32 Å². The first-order valence-corrected chi connectivity index (χ1v) is 11.1. The Hall–Kier alpha value is -2.18. The Kier molecular flexibility index (Phi) is 6.63. The molecule has 2 N–H and O–H groups in total. The van der Waals surface area contributed by atoms with E-state index in [-0.39, 0.29) is 23.0 Å². The Morgan fingerprint density at radius 2 is 1.56 bits per heavy atom. The molecule has 1 fully saturated rings. The van der Waals surface area contributed by atoms with Crippen molar-refractivity contribution in [3.63, 3.8) is 0 Å². The van der Waals surface area contributed by atoms with E-state index in [0.29, 0.717) is 6.54 Å². The van der Waals surface area contributed by atoms with Crippen molar-refractivity contribution in [3.05, 3.63) is 65.7 Å². The molecule has 144 valence electrons. The molecular formula is C21H27N2O3S+. The van der Waals surface area contributed by atoms with Gasteiger partial charge in [0.15, 0.2) is 9.84 Å². The van der Waals surface area contributed by atoms with Crippen molar-refractivity contribution in [2.24, 2.45) is 0 Å². The Morgan fingerprint density at radius 1 is 0.926 bits per heavy atom. The van der Waals surface area contributed by atoms with Crippen LogP contribution in [0.15, 0.2) is 59.5 Å². The van der Waals surface area contributed by atoms with Gasteiger partial charge in [0.1, 0.15) is 6.54 Å². The minimum absolute atomic E-state index is 0.0341. The van der Waals surface area contributed by atoms with Gasteiger partial charge < -0.3 is 10.2 Å². The molecule has 1 heterocycles. The maximum Gasteiger partial charge on any atom is 0.221 e. The summed E-state index contributed by atoms with van der Waals surface area (Å²) in [5, 5.41) is 2.81. The van der Waals surface area contributed by atoms with Gasteiger partial charge in [0, 0.05) is 31.4 Å². The number of benzene rings is 2. The molecule has 0 saturated carbocycles. The highest BCUT2D eigenvalue weighted by molar-refractivity contribution is 7.91. The van der Waals surface area contributed by atoms with Gasteiger partial charge in [-0.2, -0.15) is 0 Å². The molecule has 2 aromatic carbocycles. The quantitative estimate of drug-likeness (QED) is 0.718. The lowest BCUT2D eigenvalue weighted by molar-refractivity contribution is -0.901. The van der Waals surface area contributed by atoms with Crippen LogP contribution in [0, 0.1) is 0 Å². The van der Waals surface area contributed by atoms with E-state index in [4.69, 9.17) is 0 Å². The monoisotopic (exact) mass is 387 g/mol. The highest BCUT2D eigenvalue weighted by atomic mass is 32.2. The van der Waals surface area contributed by atoms with Crippen molar-refractivity contribution in [1.29, 1.82) is 0 Å². The van der Waals surface area contributed by atoms with Crippen molar-refractivity contribution >= 4 is 15.7 Å². The van der Waals surface area contributed by atoms with Gasteiger partial charge in [-0.1, -0.05) is 42.5 Å². The molecule has 5 nitrogen and oxygen atoms in total. The van der Waals surface area contributed by atoms with Gasteiger partial charge in [0.2, 0.25) is 5.91 Å². The number of sulfone groups is 1. The molecule has 27 heavy (non-hydrogen) atoms. The van der Waals surface area contributed by atoms with Gasteiger partial charge in [-0.25, -0.2) is 8.42 Å². The largest absolute Gasteiger partial charge is 0.352 e. The minimum atomic E-state index is -3.42. The molecule has 0 unspecified atom stereocenters. The minimum Gasteiger partial charge on any atom is -0.352 e. The highest BCUT2D eigenvalue weighted by Gasteiger charge is 2.16. The zero-order valence-electron chi connectivity index (χ0n) is 15.5. The summed E-state index contributed by atoms with van der Waals surface area (Å²) >= 11 is 0. The van der Waals surface area contributed by atoms with Crippen LogP contribution in [0.3, 0.4) is 0 Å². The molecule has 0 spiro atoms. The number of amides is 1. The summed E-state index contributed by atoms with van der Waals surface area (Å²) in [7, 11) is -3.42. The van der Waals surface area contributed by atoms with Crippen LogP contribution in [0.2, 0.25) is 0 Å². The van der Waals surface area contributed by atoms with Gasteiger partial charge in [-0.05, 0) is 17.7 Å². The van der Waals surface area contributed by atoms with Crippen LogP contribution in [0.5, 0.6) is 0 Å². The number of carbonyl (C=O) groups is 1. The average Bonchev–Trinajstić information content (AvgIpc) is 3.20. The molecule has 1 aliphatic rings. The Balaban J connectivity index is 1.43. The van der Waals surface area contributed by atoms with Crippen molar-refractivity contribution in [2.75, 3.05) is 18.8 Å². The lowest BCUT2D eigenvalue weighted by Crippen LogP contribution is -3.08. The molecule has 1 aliphatic heterocycles. The number of hydrogen-bond donors (Lipinski definition) is 2. The normalized spacial score (nSPS) is 15.0. The summed E-state index contributed by atoms with van der Waals surface area (Å²) in [4.78, 5) is 13.9. The fourth-order valence-corrected chi connectivity index (χ4v) is 4.64. The van der Waals surface area contributed by atoms with Crippen LogP contribution in [-0.2, 0) is 27.7 Å². The van der Waals surface area contributed by atoms with Crippen LogP contribution in [0.4, 0.5) is 0 Å². The molecule has 0 bridgehead atoms. The first kappa shape index (κ1) is 19.6. The molecule has 0 radical (unpaired) electrons. The Labute approximate surface area is 161 Å². The highest BCUT2D eigenvalue weighted by Crippen LogP contribution is 2.11. The lowest BCUT2D eigenvalue weighted by Gasteiger charge is -2.12. The first-order chi connectivity index (χ1) is 13.0. The van der Waals surface area contributed by atoms with Crippen molar-refractivity contribution in [3.8, 4) is 0 Å². The maximum absolute atomic E-state index is 12.2. The van der Waals surface area contributed by atoms with Crippen molar-refractivity contribution < 1.29 is 18.1 Å². The predicted molar refractivity (Wildman–Crippen MR) is 105 cm³/mol. The average molecular weight is 388 g/mol. The zero-order valence-corrected chi connectivity index (χ0v) is 16.3. The van der Waals surface area contributed by atoms with Crippen LogP contribution in [0.1, 0.15) is 30.4 Å². The zero-order chi connectivity index (χ0) is 19.1. The van der Waals surface area contributed by atoms with Crippen molar-refractivity contribution in [2.45, 2.75) is 37.2 Å². The first-order valence-electron chi connectivity index (χ1n) is 9.49. The van der Waals surface area contributed by atoms with Crippen LogP contribution >= 0.6 is 0 Å². The van der Waals surface area contributed by atoms with E-state index in [0.717, 1.165) is 12.1 Å². The van der Waals surface area contributed by atoms with E-state index in [2.05, 4.69) is 17.4 Å². The second-order valence-electron chi connectivity index (χ2n) is 7.11. The third-order valence-electron chi connectivity index (χ3n) is 4.98. The predicted octanol–water partition coefficient (Wildman–Crippen LogP) is 1.35. The maximum atomic E-state index is 12.2. The summed E-state index contributed by atoms with van der Waals surface area (Å²) in [5.41, 5.74) is 2.34. The second-order valence-corrected chi connectivity index (χ2v) is 9.22. The summed E-state index contributed by atoms with van der Waals surface area (Å²) in [6.07, 6.45) is 2.60. The van der Waals surface area contributed by atoms with E-state index in [1.165, 1.54) is 31.5 Å². The molecular weight excluding hydrogens is 360 g/mol. The smallest absolute Gasteiger partial charge is 0.221 e. The van der Waals surface area contributed by atoms with Gasteiger partial charge in [0.05, 0.1) is 23.7 Å². The van der Waals surface area contributed by atoms with E-state index >= 15 is 0 Å². The molecule has 0 aromatic heterocycles. The second kappa shape index (κ2) is 9.15. The molecule has 0 aliphatic carbocycles. The summed E-state index contributed by atoms with van der Waals surface area (Å²) in [5.74, 6) is -0.430. The van der Waals surface area contributed by atoms with Crippen LogP contribution in [0.25, 0.3) is 0 Å². The molecule has 3 rings (SSSR count). The van der Waals surface area contributed by atoms with Gasteiger partial charge in [-0.3, -0.25) is 4.79 Å². The van der Waals surface area contributed by atoms with E-state index in [1.54, 1.807) is 35.2 Å². The van der Waals surface area contributed by atoms with E-state index < -0.39 is 9.84 Å². The van der Waals surface area contributed by atoms with Gasteiger partial charge in [0.25, 0.3) is 0 Å². The standard InChI is InChI=1S/C21H26N2O3S/c24-21(12-15-27(25,26)20-6-2-1-3-7-20)22-16-18-8-10-19(11-9-18)17-23-13-4-5-14-23/h1-3,6-11H,4-5,12-17H2,(H,22,24)/p+1. The Morgan fingerprint density at radius 3 is 2.22 bits per heavy atom. The number of hydrogen-bond acceptors (Lipinski definition) is 3. The fourth-order valence-electron chi connectivity index (χ4n) is 3.38. The third-order valence-corrected chi connectivity index (χ3v) is 6.71. The number of carbonyl (C=O) groups excluding carboxylic acids is 1. The van der Waals surface area contributed by atoms with E-state index in [9.17, 15) is 13.2 Å². The topological polar surface area (TPSA) is 67.7 Å². The number of quaternary nitrogens is 1. The number of nitrogens with one attached hydrogen (secondary N) is 2. The molecule has 1 saturated heterocycles. The lowest BCUT2D eigenvalue weighted by atomic mass is 10.1. The van der Waals surface area contributed by atoms with Crippen LogP contribution < -0.4 is 10.2 Å². The van der Waals surface area contributed by atoms with Crippen LogP contribution in [-0.4, -0.2) is 33.2 Å². The number of rotatable bonds is 8. The van der Waals surface area contributed by atoms with E-state index in [1.807, 2.05) is 12.1 Å². The number of likely N-dealkylation sites (tertiary alicyclic amines) is 1. The fraction of sp³-hybridized carbons (Fsp3) is 0.381. The molecule has 6 heteroatoms. The summed E-state index contributed by atoms with van der Waals surface area (Å²) < 4.78 is 24.4. The summed E-state index contributed by atoms with van der Waals surface area (Å²) in [6, 6.07) is 16.5. The Bertz CT molecular complexity index is 843. The van der Waals surface area contributed by atoms with Gasteiger partial charge in [-0.15, -0.1) is 0 Å². The molecule has 1 amide bonds. The molecule has 2 aromatic rings. The SMILES string of the molecule is O=C(CCS(=O)(=O)c1ccccc1)NCc1ccc(C[NH+]2CCCC2)cc1. The molecule has 0 atom stereocenters. The summed E-state index contributed by atoms with van der Waals surface area (Å²) in [6.45, 7) is 3.98. The third kappa shape index (κ3) is 5.91. The van der Waals surface area contributed by atoms with Gasteiger partial charge >= 0.3 is 0 Å².